The number of carbonyl (C=O) groups excluding carboxylic acids is 1. The third-order valence-electron chi connectivity index (χ3n) is 2.42. The van der Waals surface area contributed by atoms with E-state index in [1.54, 1.807) is 6.92 Å². The van der Waals surface area contributed by atoms with Gasteiger partial charge in [-0.1, -0.05) is 12.1 Å². The summed E-state index contributed by atoms with van der Waals surface area (Å²) in [5, 5.41) is 11.4. The molecular weight excluding hydrogens is 253 g/mol. The van der Waals surface area contributed by atoms with Gasteiger partial charge in [0.1, 0.15) is 18.5 Å². The second kappa shape index (κ2) is 7.48. The number of carbonyl (C=O) groups is 2. The summed E-state index contributed by atoms with van der Waals surface area (Å²) in [5.74, 6) is -2.03. The van der Waals surface area contributed by atoms with Crippen molar-refractivity contribution in [3.63, 3.8) is 0 Å². The van der Waals surface area contributed by atoms with Crippen molar-refractivity contribution in [3.8, 4) is 0 Å². The van der Waals surface area contributed by atoms with Crippen LogP contribution in [0.5, 0.6) is 0 Å². The second-order valence-corrected chi connectivity index (χ2v) is 3.93. The van der Waals surface area contributed by atoms with Crippen LogP contribution in [-0.2, 0) is 20.7 Å². The molecule has 1 aromatic rings. The van der Waals surface area contributed by atoms with Gasteiger partial charge in [0, 0.05) is 13.0 Å². The van der Waals surface area contributed by atoms with Crippen molar-refractivity contribution in [1.29, 1.82) is 0 Å². The third-order valence-corrected chi connectivity index (χ3v) is 2.42. The van der Waals surface area contributed by atoms with E-state index in [2.05, 4.69) is 5.32 Å². The van der Waals surface area contributed by atoms with Gasteiger partial charge in [0.05, 0.1) is 0 Å². The van der Waals surface area contributed by atoms with Crippen molar-refractivity contribution < 1.29 is 23.8 Å². The highest BCUT2D eigenvalue weighted by atomic mass is 19.1. The average Bonchev–Trinajstić information content (AvgIpc) is 2.38. The maximum Gasteiger partial charge on any atom is 0.326 e. The molecule has 1 atom stereocenters. The fraction of sp³-hybridized carbons (Fsp3) is 0.385. The first-order valence-electron chi connectivity index (χ1n) is 5.87. The molecule has 0 fully saturated rings. The van der Waals surface area contributed by atoms with Crippen molar-refractivity contribution in [3.05, 3.63) is 35.6 Å². The molecular formula is C13H16FNO4. The lowest BCUT2D eigenvalue weighted by atomic mass is 10.1. The van der Waals surface area contributed by atoms with Crippen molar-refractivity contribution in [2.75, 3.05) is 13.2 Å². The van der Waals surface area contributed by atoms with E-state index in [1.165, 1.54) is 24.3 Å². The summed E-state index contributed by atoms with van der Waals surface area (Å²) >= 11 is 0. The molecule has 0 radical (unpaired) electrons. The van der Waals surface area contributed by atoms with Crippen LogP contribution >= 0.6 is 0 Å². The van der Waals surface area contributed by atoms with E-state index >= 15 is 0 Å². The molecule has 1 rings (SSSR count). The maximum absolute atomic E-state index is 12.7. The Bertz CT molecular complexity index is 433. The summed E-state index contributed by atoms with van der Waals surface area (Å²) in [6.07, 6.45) is 0.0908. The molecule has 0 spiro atoms. The molecule has 0 aliphatic rings. The summed E-state index contributed by atoms with van der Waals surface area (Å²) in [6.45, 7) is 1.94. The summed E-state index contributed by atoms with van der Waals surface area (Å²) < 4.78 is 17.6. The Morgan fingerprint density at radius 2 is 2.00 bits per heavy atom. The Balaban J connectivity index is 2.60. The first kappa shape index (κ1) is 15.1. The zero-order valence-electron chi connectivity index (χ0n) is 10.6. The number of amides is 1. The van der Waals surface area contributed by atoms with Gasteiger partial charge >= 0.3 is 5.97 Å². The highest BCUT2D eigenvalue weighted by molar-refractivity contribution is 5.84. The zero-order valence-corrected chi connectivity index (χ0v) is 10.6. The molecule has 1 amide bonds. The van der Waals surface area contributed by atoms with E-state index < -0.39 is 23.7 Å². The maximum atomic E-state index is 12.7. The number of halogens is 1. The van der Waals surface area contributed by atoms with Crippen LogP contribution in [0.2, 0.25) is 0 Å². The molecule has 104 valence electrons. The SMILES string of the molecule is CCOCC(=O)N[C@@H](Cc1ccc(F)cc1)C(=O)O. The van der Waals surface area contributed by atoms with Gasteiger partial charge in [-0.05, 0) is 24.6 Å². The van der Waals surface area contributed by atoms with Gasteiger partial charge in [-0.3, -0.25) is 4.79 Å². The molecule has 0 heterocycles. The van der Waals surface area contributed by atoms with Crippen LogP contribution in [0.3, 0.4) is 0 Å². The number of hydrogen-bond donors (Lipinski definition) is 2. The predicted molar refractivity (Wildman–Crippen MR) is 66.2 cm³/mol. The van der Waals surface area contributed by atoms with Gasteiger partial charge in [-0.15, -0.1) is 0 Å². The summed E-state index contributed by atoms with van der Waals surface area (Å²) in [7, 11) is 0. The lowest BCUT2D eigenvalue weighted by Gasteiger charge is -2.14. The number of hydrogen-bond acceptors (Lipinski definition) is 3. The second-order valence-electron chi connectivity index (χ2n) is 3.93. The molecule has 0 aliphatic carbocycles. The predicted octanol–water partition coefficient (Wildman–Crippen LogP) is 0.974. The molecule has 0 unspecified atom stereocenters. The largest absolute Gasteiger partial charge is 0.480 e. The third kappa shape index (κ3) is 5.48. The minimum Gasteiger partial charge on any atom is -0.480 e. The molecule has 0 aromatic heterocycles. The minimum absolute atomic E-state index is 0.0908. The van der Waals surface area contributed by atoms with E-state index in [0.717, 1.165) is 0 Å². The first-order valence-corrected chi connectivity index (χ1v) is 5.87. The van der Waals surface area contributed by atoms with Gasteiger partial charge in [0.25, 0.3) is 0 Å². The fourth-order valence-corrected chi connectivity index (χ4v) is 1.49. The van der Waals surface area contributed by atoms with Gasteiger partial charge < -0.3 is 15.2 Å². The lowest BCUT2D eigenvalue weighted by molar-refractivity contribution is -0.142. The normalized spacial score (nSPS) is 11.9. The quantitative estimate of drug-likeness (QED) is 0.773. The van der Waals surface area contributed by atoms with E-state index in [0.29, 0.717) is 12.2 Å². The molecule has 1 aromatic carbocycles. The van der Waals surface area contributed by atoms with E-state index in [4.69, 9.17) is 9.84 Å². The van der Waals surface area contributed by atoms with Crippen LogP contribution in [0.15, 0.2) is 24.3 Å². The Kier molecular flexibility index (Phi) is 5.95. The molecule has 0 saturated carbocycles. The smallest absolute Gasteiger partial charge is 0.326 e. The van der Waals surface area contributed by atoms with Gasteiger partial charge in [-0.25, -0.2) is 9.18 Å². The number of carboxylic acids is 1. The van der Waals surface area contributed by atoms with Crippen LogP contribution in [-0.4, -0.2) is 36.2 Å². The number of aliphatic carboxylic acids is 1. The van der Waals surface area contributed by atoms with Crippen molar-refractivity contribution in [2.45, 2.75) is 19.4 Å². The van der Waals surface area contributed by atoms with Crippen molar-refractivity contribution in [1.82, 2.24) is 5.32 Å². The van der Waals surface area contributed by atoms with E-state index in [1.807, 2.05) is 0 Å². The van der Waals surface area contributed by atoms with Crippen molar-refractivity contribution in [2.24, 2.45) is 0 Å². The minimum atomic E-state index is -1.14. The topological polar surface area (TPSA) is 75.6 Å². The Morgan fingerprint density at radius 1 is 1.37 bits per heavy atom. The number of carboxylic acid groups (broad SMARTS) is 1. The summed E-state index contributed by atoms with van der Waals surface area (Å²) in [6, 6.07) is 4.41. The molecule has 19 heavy (non-hydrogen) atoms. The molecule has 0 aliphatic heterocycles. The van der Waals surface area contributed by atoms with Crippen molar-refractivity contribution >= 4 is 11.9 Å². The van der Waals surface area contributed by atoms with E-state index in [-0.39, 0.29) is 13.0 Å². The molecule has 0 saturated heterocycles. The Hall–Kier alpha value is -1.95. The Labute approximate surface area is 110 Å². The average molecular weight is 269 g/mol. The summed E-state index contributed by atoms with van der Waals surface area (Å²) in [4.78, 5) is 22.5. The number of rotatable bonds is 7. The number of ether oxygens (including phenoxy) is 1. The molecule has 5 nitrogen and oxygen atoms in total. The lowest BCUT2D eigenvalue weighted by Crippen LogP contribution is -2.43. The zero-order chi connectivity index (χ0) is 14.3. The van der Waals surface area contributed by atoms with Gasteiger partial charge in [0.2, 0.25) is 5.91 Å². The molecule has 6 heteroatoms. The molecule has 2 N–H and O–H groups in total. The standard InChI is InChI=1S/C13H16FNO4/c1-2-19-8-12(16)15-11(13(17)18)7-9-3-5-10(14)6-4-9/h3-6,11H,2,7-8H2,1H3,(H,15,16)(H,17,18)/t11-/m0/s1. The van der Waals surface area contributed by atoms with Crippen LogP contribution < -0.4 is 5.32 Å². The highest BCUT2D eigenvalue weighted by Gasteiger charge is 2.20. The molecule has 0 bridgehead atoms. The number of nitrogens with one attached hydrogen (secondary N) is 1. The van der Waals surface area contributed by atoms with E-state index in [9.17, 15) is 14.0 Å². The first-order chi connectivity index (χ1) is 9.02. The van der Waals surface area contributed by atoms with Crippen LogP contribution in [0.25, 0.3) is 0 Å². The fourth-order valence-electron chi connectivity index (χ4n) is 1.49. The van der Waals surface area contributed by atoms with Gasteiger partial charge in [0.15, 0.2) is 0 Å². The monoisotopic (exact) mass is 269 g/mol. The Morgan fingerprint density at radius 3 is 2.53 bits per heavy atom. The highest BCUT2D eigenvalue weighted by Crippen LogP contribution is 2.06. The van der Waals surface area contributed by atoms with Crippen LogP contribution in [0, 0.1) is 5.82 Å². The van der Waals surface area contributed by atoms with Gasteiger partial charge in [-0.2, -0.15) is 0 Å². The van der Waals surface area contributed by atoms with Crippen LogP contribution in [0.1, 0.15) is 12.5 Å². The van der Waals surface area contributed by atoms with Crippen LogP contribution in [0.4, 0.5) is 4.39 Å². The number of benzene rings is 1. The summed E-state index contributed by atoms with van der Waals surface area (Å²) in [5.41, 5.74) is 0.630.